The van der Waals surface area contributed by atoms with Gasteiger partial charge in [-0.2, -0.15) is 0 Å². The number of carbonyl (C=O) groups is 1. The summed E-state index contributed by atoms with van der Waals surface area (Å²) in [4.78, 5) is 18.3. The molecule has 2 aromatic carbocycles. The lowest BCUT2D eigenvalue weighted by molar-refractivity contribution is 0.0733. The maximum absolute atomic E-state index is 12.9. The van der Waals surface area contributed by atoms with E-state index in [1.165, 1.54) is 29.4 Å². The van der Waals surface area contributed by atoms with Crippen molar-refractivity contribution in [1.29, 1.82) is 0 Å². The molecule has 26 heavy (non-hydrogen) atoms. The summed E-state index contributed by atoms with van der Waals surface area (Å²) in [5.41, 5.74) is 5.58. The highest BCUT2D eigenvalue weighted by Gasteiger charge is 2.24. The molecule has 134 valence electrons. The first kappa shape index (κ1) is 17.2. The van der Waals surface area contributed by atoms with Crippen molar-refractivity contribution < 1.29 is 4.79 Å². The minimum Gasteiger partial charge on any atom is -0.357 e. The number of unbranched alkanes of at least 4 members (excludes halogenated alkanes) is 1. The molecule has 0 unspecified atom stereocenters. The molecular formula is C22H23ClN2O. The molecule has 0 atom stereocenters. The summed E-state index contributed by atoms with van der Waals surface area (Å²) in [6.07, 6.45) is 4.31. The van der Waals surface area contributed by atoms with Crippen molar-refractivity contribution in [3.63, 3.8) is 0 Å². The minimum atomic E-state index is 0.106. The van der Waals surface area contributed by atoms with Crippen LogP contribution < -0.4 is 0 Å². The molecule has 0 spiro atoms. The van der Waals surface area contributed by atoms with Crippen LogP contribution >= 0.6 is 11.6 Å². The Bertz CT molecular complexity index is 943. The van der Waals surface area contributed by atoms with E-state index in [1.54, 1.807) is 0 Å². The molecule has 1 N–H and O–H groups in total. The zero-order chi connectivity index (χ0) is 18.1. The molecule has 0 saturated carbocycles. The van der Waals surface area contributed by atoms with Gasteiger partial charge in [-0.25, -0.2) is 0 Å². The molecule has 0 aliphatic carbocycles. The Morgan fingerprint density at radius 1 is 1.19 bits per heavy atom. The van der Waals surface area contributed by atoms with Gasteiger partial charge in [0.2, 0.25) is 0 Å². The Labute approximate surface area is 159 Å². The number of aryl methyl sites for hydroxylation is 1. The van der Waals surface area contributed by atoms with E-state index in [0.29, 0.717) is 6.54 Å². The summed E-state index contributed by atoms with van der Waals surface area (Å²) in [6, 6.07) is 14.0. The molecule has 4 heteroatoms. The highest BCUT2D eigenvalue weighted by molar-refractivity contribution is 6.31. The largest absolute Gasteiger partial charge is 0.357 e. The fourth-order valence-electron chi connectivity index (χ4n) is 3.76. The standard InChI is InChI=1S/C22H23ClN2O/c1-2-3-4-15-5-7-16(8-6-15)22(26)25-12-11-18-19-13-17(23)9-10-20(19)24-21(18)14-25/h5-10,13,24H,2-4,11-12,14H2,1H3. The quantitative estimate of drug-likeness (QED) is 0.662. The van der Waals surface area contributed by atoms with E-state index in [9.17, 15) is 4.79 Å². The number of aromatic nitrogens is 1. The molecule has 1 aliphatic heterocycles. The lowest BCUT2D eigenvalue weighted by atomic mass is 10.0. The first-order valence-electron chi connectivity index (χ1n) is 9.33. The van der Waals surface area contributed by atoms with E-state index in [2.05, 4.69) is 24.0 Å². The van der Waals surface area contributed by atoms with Crippen molar-refractivity contribution in [2.24, 2.45) is 0 Å². The fourth-order valence-corrected chi connectivity index (χ4v) is 3.94. The number of benzene rings is 2. The van der Waals surface area contributed by atoms with Crippen molar-refractivity contribution in [2.75, 3.05) is 6.54 Å². The zero-order valence-electron chi connectivity index (χ0n) is 15.0. The lowest BCUT2D eigenvalue weighted by Crippen LogP contribution is -2.35. The van der Waals surface area contributed by atoms with Crippen LogP contribution in [0.2, 0.25) is 5.02 Å². The van der Waals surface area contributed by atoms with Crippen LogP contribution in [0.15, 0.2) is 42.5 Å². The Balaban J connectivity index is 1.53. The molecule has 4 rings (SSSR count). The number of carbonyl (C=O) groups excluding carboxylic acids is 1. The summed E-state index contributed by atoms with van der Waals surface area (Å²) in [5.74, 6) is 0.106. The van der Waals surface area contributed by atoms with E-state index in [1.807, 2.05) is 35.2 Å². The van der Waals surface area contributed by atoms with Gasteiger partial charge in [0.05, 0.1) is 6.54 Å². The number of rotatable bonds is 4. The summed E-state index contributed by atoms with van der Waals surface area (Å²) < 4.78 is 0. The Morgan fingerprint density at radius 2 is 2.00 bits per heavy atom. The van der Waals surface area contributed by atoms with Crippen LogP contribution in [0.3, 0.4) is 0 Å². The van der Waals surface area contributed by atoms with Crippen molar-refractivity contribution in [3.8, 4) is 0 Å². The van der Waals surface area contributed by atoms with Crippen LogP contribution in [-0.2, 0) is 19.4 Å². The van der Waals surface area contributed by atoms with E-state index in [0.717, 1.165) is 41.2 Å². The molecule has 3 aromatic rings. The van der Waals surface area contributed by atoms with E-state index in [-0.39, 0.29) is 5.91 Å². The van der Waals surface area contributed by atoms with Crippen molar-refractivity contribution in [1.82, 2.24) is 9.88 Å². The number of fused-ring (bicyclic) bond motifs is 3. The molecule has 1 amide bonds. The van der Waals surface area contributed by atoms with Gasteiger partial charge in [-0.15, -0.1) is 0 Å². The predicted molar refractivity (Wildman–Crippen MR) is 107 cm³/mol. The van der Waals surface area contributed by atoms with Gasteiger partial charge < -0.3 is 9.88 Å². The van der Waals surface area contributed by atoms with Gasteiger partial charge in [-0.3, -0.25) is 4.79 Å². The third kappa shape index (κ3) is 3.24. The van der Waals surface area contributed by atoms with Crippen molar-refractivity contribution in [2.45, 2.75) is 39.2 Å². The number of H-pyrrole nitrogens is 1. The first-order chi connectivity index (χ1) is 12.7. The summed E-state index contributed by atoms with van der Waals surface area (Å²) in [5, 5.41) is 1.93. The van der Waals surface area contributed by atoms with Gasteiger partial charge in [-0.1, -0.05) is 37.1 Å². The fraction of sp³-hybridized carbons (Fsp3) is 0.318. The van der Waals surface area contributed by atoms with Gasteiger partial charge in [-0.05, 0) is 60.7 Å². The van der Waals surface area contributed by atoms with E-state index < -0.39 is 0 Å². The average Bonchev–Trinajstić information content (AvgIpc) is 3.03. The van der Waals surface area contributed by atoms with Crippen LogP contribution in [0, 0.1) is 0 Å². The van der Waals surface area contributed by atoms with Gasteiger partial charge >= 0.3 is 0 Å². The van der Waals surface area contributed by atoms with Crippen LogP contribution in [0.25, 0.3) is 10.9 Å². The topological polar surface area (TPSA) is 36.1 Å². The minimum absolute atomic E-state index is 0.106. The zero-order valence-corrected chi connectivity index (χ0v) is 15.8. The van der Waals surface area contributed by atoms with E-state index in [4.69, 9.17) is 11.6 Å². The average molecular weight is 367 g/mol. The second-order valence-corrected chi connectivity index (χ2v) is 7.49. The Kier molecular flexibility index (Phi) is 4.73. The van der Waals surface area contributed by atoms with Crippen LogP contribution in [-0.4, -0.2) is 22.3 Å². The molecule has 3 nitrogen and oxygen atoms in total. The summed E-state index contributed by atoms with van der Waals surface area (Å²) >= 11 is 6.14. The number of halogens is 1. The van der Waals surface area contributed by atoms with Gasteiger partial charge in [0.25, 0.3) is 5.91 Å². The molecule has 1 aliphatic rings. The molecule has 0 fully saturated rings. The maximum atomic E-state index is 12.9. The van der Waals surface area contributed by atoms with Crippen molar-refractivity contribution in [3.05, 3.63) is 69.9 Å². The number of nitrogens with zero attached hydrogens (tertiary/aromatic N) is 1. The Hall–Kier alpha value is -2.26. The normalized spacial score (nSPS) is 13.8. The molecule has 1 aromatic heterocycles. The molecule has 0 saturated heterocycles. The van der Waals surface area contributed by atoms with Crippen molar-refractivity contribution >= 4 is 28.4 Å². The van der Waals surface area contributed by atoms with E-state index >= 15 is 0 Å². The van der Waals surface area contributed by atoms with Crippen LogP contribution in [0.5, 0.6) is 0 Å². The van der Waals surface area contributed by atoms with Crippen LogP contribution in [0.1, 0.15) is 46.9 Å². The second-order valence-electron chi connectivity index (χ2n) is 7.05. The maximum Gasteiger partial charge on any atom is 0.254 e. The summed E-state index contributed by atoms with van der Waals surface area (Å²) in [6.45, 7) is 3.56. The molecular weight excluding hydrogens is 344 g/mol. The second kappa shape index (κ2) is 7.16. The molecule has 0 bridgehead atoms. The predicted octanol–water partition coefficient (Wildman–Crippen LogP) is 5.36. The van der Waals surface area contributed by atoms with Gasteiger partial charge in [0, 0.05) is 33.7 Å². The SMILES string of the molecule is CCCCc1ccc(C(=O)N2CCc3c([nH]c4ccc(Cl)cc34)C2)cc1. The number of amides is 1. The lowest BCUT2D eigenvalue weighted by Gasteiger charge is -2.27. The highest BCUT2D eigenvalue weighted by atomic mass is 35.5. The monoisotopic (exact) mass is 366 g/mol. The molecule has 2 heterocycles. The van der Waals surface area contributed by atoms with Crippen LogP contribution in [0.4, 0.5) is 0 Å². The third-order valence-electron chi connectivity index (χ3n) is 5.24. The number of hydrogen-bond acceptors (Lipinski definition) is 1. The Morgan fingerprint density at radius 3 is 2.77 bits per heavy atom. The van der Waals surface area contributed by atoms with Gasteiger partial charge in [0.15, 0.2) is 0 Å². The first-order valence-corrected chi connectivity index (χ1v) is 9.70. The number of nitrogens with one attached hydrogen (secondary N) is 1. The summed E-state index contributed by atoms with van der Waals surface area (Å²) in [7, 11) is 0. The number of aromatic amines is 1. The smallest absolute Gasteiger partial charge is 0.254 e. The molecule has 0 radical (unpaired) electrons. The van der Waals surface area contributed by atoms with Gasteiger partial charge in [0.1, 0.15) is 0 Å². The number of hydrogen-bond donors (Lipinski definition) is 1. The highest BCUT2D eigenvalue weighted by Crippen LogP contribution is 2.30. The third-order valence-corrected chi connectivity index (χ3v) is 5.48.